The van der Waals surface area contributed by atoms with Gasteiger partial charge in [-0.05, 0) is 53.9 Å². The van der Waals surface area contributed by atoms with Crippen LogP contribution in [-0.2, 0) is 26.0 Å². The van der Waals surface area contributed by atoms with Crippen LogP contribution in [-0.4, -0.2) is 32.1 Å². The zero-order valence-electron chi connectivity index (χ0n) is 15.3. The van der Waals surface area contributed by atoms with E-state index in [1.165, 1.54) is 18.2 Å². The van der Waals surface area contributed by atoms with E-state index in [0.717, 1.165) is 10.8 Å². The molecule has 0 spiro atoms. The van der Waals surface area contributed by atoms with Gasteiger partial charge in [-0.1, -0.05) is 42.5 Å². The lowest BCUT2D eigenvalue weighted by Crippen LogP contribution is -2.43. The lowest BCUT2D eigenvalue weighted by molar-refractivity contribution is -0.145. The molecule has 0 unspecified atom stereocenters. The second-order valence-electron chi connectivity index (χ2n) is 6.31. The smallest absolute Gasteiger partial charge is 0.324 e. The SMILES string of the molecule is CCOC(=O)[C@H](Cc1ccc(O)cc1)NS(=O)(=O)c1ccc2ccccc2c1. The molecule has 0 aliphatic carbocycles. The molecule has 3 rings (SSSR count). The molecule has 0 bridgehead atoms. The zero-order valence-corrected chi connectivity index (χ0v) is 16.1. The Kier molecular flexibility index (Phi) is 5.96. The number of sulfonamides is 1. The monoisotopic (exact) mass is 399 g/mol. The van der Waals surface area contributed by atoms with Crippen molar-refractivity contribution in [3.05, 3.63) is 72.3 Å². The zero-order chi connectivity index (χ0) is 20.1. The van der Waals surface area contributed by atoms with E-state index in [0.29, 0.717) is 5.56 Å². The second kappa shape index (κ2) is 8.41. The van der Waals surface area contributed by atoms with Crippen LogP contribution in [0.1, 0.15) is 12.5 Å². The molecule has 2 N–H and O–H groups in total. The molecule has 0 saturated heterocycles. The minimum absolute atomic E-state index is 0.0752. The van der Waals surface area contributed by atoms with Crippen molar-refractivity contribution in [2.75, 3.05) is 6.61 Å². The Hall–Kier alpha value is -2.90. The minimum Gasteiger partial charge on any atom is -0.508 e. The fourth-order valence-electron chi connectivity index (χ4n) is 2.87. The Morgan fingerprint density at radius 2 is 1.71 bits per heavy atom. The van der Waals surface area contributed by atoms with E-state index in [9.17, 15) is 18.3 Å². The molecule has 0 radical (unpaired) electrons. The van der Waals surface area contributed by atoms with Crippen molar-refractivity contribution in [2.24, 2.45) is 0 Å². The molecule has 0 aliphatic heterocycles. The first-order valence-corrected chi connectivity index (χ1v) is 10.3. The number of esters is 1. The first-order chi connectivity index (χ1) is 13.4. The van der Waals surface area contributed by atoms with Gasteiger partial charge in [0.15, 0.2) is 0 Å². The van der Waals surface area contributed by atoms with Gasteiger partial charge in [0.1, 0.15) is 11.8 Å². The number of ether oxygens (including phenoxy) is 1. The summed E-state index contributed by atoms with van der Waals surface area (Å²) in [5.41, 5.74) is 0.692. The Balaban J connectivity index is 1.88. The topological polar surface area (TPSA) is 92.7 Å². The van der Waals surface area contributed by atoms with Gasteiger partial charge in [-0.3, -0.25) is 4.79 Å². The van der Waals surface area contributed by atoms with Crippen molar-refractivity contribution in [2.45, 2.75) is 24.3 Å². The average molecular weight is 399 g/mol. The molecule has 146 valence electrons. The quantitative estimate of drug-likeness (QED) is 0.596. The Bertz CT molecular complexity index is 1080. The molecule has 28 heavy (non-hydrogen) atoms. The lowest BCUT2D eigenvalue weighted by atomic mass is 10.1. The van der Waals surface area contributed by atoms with Crippen LogP contribution >= 0.6 is 0 Å². The number of fused-ring (bicyclic) bond motifs is 1. The number of rotatable bonds is 7. The summed E-state index contributed by atoms with van der Waals surface area (Å²) < 4.78 is 33.3. The molecule has 0 amide bonds. The van der Waals surface area contributed by atoms with Crippen molar-refractivity contribution >= 4 is 26.8 Å². The molecule has 1 atom stereocenters. The maximum atomic E-state index is 12.9. The molecular formula is C21H21NO5S. The highest BCUT2D eigenvalue weighted by molar-refractivity contribution is 7.89. The van der Waals surface area contributed by atoms with Gasteiger partial charge in [0.25, 0.3) is 0 Å². The van der Waals surface area contributed by atoms with E-state index in [1.54, 1.807) is 31.2 Å². The molecule has 0 aliphatic rings. The number of benzene rings is 3. The van der Waals surface area contributed by atoms with E-state index in [4.69, 9.17) is 4.74 Å². The number of hydrogen-bond donors (Lipinski definition) is 2. The van der Waals surface area contributed by atoms with Crippen molar-refractivity contribution in [3.63, 3.8) is 0 Å². The van der Waals surface area contributed by atoms with E-state index in [2.05, 4.69) is 4.72 Å². The minimum atomic E-state index is -3.94. The summed E-state index contributed by atoms with van der Waals surface area (Å²) in [5.74, 6) is -0.562. The summed E-state index contributed by atoms with van der Waals surface area (Å²) in [6.07, 6.45) is 0.103. The number of phenolic OH excluding ortho intramolecular Hbond substituents is 1. The number of phenols is 1. The molecule has 0 saturated carbocycles. The Morgan fingerprint density at radius 1 is 1.04 bits per heavy atom. The maximum Gasteiger partial charge on any atom is 0.324 e. The van der Waals surface area contributed by atoms with Gasteiger partial charge in [0.2, 0.25) is 10.0 Å². The summed E-state index contributed by atoms with van der Waals surface area (Å²) in [6.45, 7) is 1.80. The summed E-state index contributed by atoms with van der Waals surface area (Å²) in [7, 11) is -3.94. The molecule has 6 nitrogen and oxygen atoms in total. The molecule has 0 heterocycles. The number of carbonyl (C=O) groups is 1. The van der Waals surface area contributed by atoms with E-state index in [-0.39, 0.29) is 23.7 Å². The van der Waals surface area contributed by atoms with Gasteiger partial charge in [0, 0.05) is 0 Å². The molecule has 0 aromatic heterocycles. The molecule has 0 fully saturated rings. The molecule has 3 aromatic carbocycles. The number of nitrogens with one attached hydrogen (secondary N) is 1. The van der Waals surface area contributed by atoms with Gasteiger partial charge < -0.3 is 9.84 Å². The summed E-state index contributed by atoms with van der Waals surface area (Å²) in [6, 6.07) is 17.4. The predicted molar refractivity (Wildman–Crippen MR) is 107 cm³/mol. The maximum absolute atomic E-state index is 12.9. The van der Waals surface area contributed by atoms with Crippen LogP contribution in [0, 0.1) is 0 Å². The van der Waals surface area contributed by atoms with Crippen molar-refractivity contribution < 1.29 is 23.1 Å². The van der Waals surface area contributed by atoms with Crippen LogP contribution < -0.4 is 4.72 Å². The normalized spacial score (nSPS) is 12.6. The fraction of sp³-hybridized carbons (Fsp3) is 0.190. The average Bonchev–Trinajstić information content (AvgIpc) is 2.69. The largest absolute Gasteiger partial charge is 0.508 e. The van der Waals surface area contributed by atoms with Crippen molar-refractivity contribution in [1.82, 2.24) is 4.72 Å². The highest BCUT2D eigenvalue weighted by atomic mass is 32.2. The van der Waals surface area contributed by atoms with Crippen molar-refractivity contribution in [3.8, 4) is 5.75 Å². The predicted octanol–water partition coefficient (Wildman–Crippen LogP) is 3.00. The van der Waals surface area contributed by atoms with Crippen molar-refractivity contribution in [1.29, 1.82) is 0 Å². The van der Waals surface area contributed by atoms with Gasteiger partial charge in [-0.25, -0.2) is 8.42 Å². The van der Waals surface area contributed by atoms with E-state index < -0.39 is 22.0 Å². The first-order valence-electron chi connectivity index (χ1n) is 8.85. The standard InChI is InChI=1S/C21H21NO5S/c1-2-27-21(24)20(13-15-7-10-18(23)11-8-15)22-28(25,26)19-12-9-16-5-3-4-6-17(16)14-19/h3-12,14,20,22-23H,2,13H2,1H3/t20-/m0/s1. The molecule has 7 heteroatoms. The van der Waals surface area contributed by atoms with Gasteiger partial charge in [-0.2, -0.15) is 4.72 Å². The number of aromatic hydroxyl groups is 1. The summed E-state index contributed by atoms with van der Waals surface area (Å²) >= 11 is 0. The number of carbonyl (C=O) groups excluding carboxylic acids is 1. The van der Waals surface area contributed by atoms with E-state index >= 15 is 0 Å². The third kappa shape index (κ3) is 4.68. The molecular weight excluding hydrogens is 378 g/mol. The second-order valence-corrected chi connectivity index (χ2v) is 8.02. The molecule has 3 aromatic rings. The van der Waals surface area contributed by atoms with Crippen LogP contribution in [0.5, 0.6) is 5.75 Å². The third-order valence-corrected chi connectivity index (χ3v) is 5.75. The van der Waals surface area contributed by atoms with Gasteiger partial charge >= 0.3 is 5.97 Å². The fourth-order valence-corrected chi connectivity index (χ4v) is 4.09. The highest BCUT2D eigenvalue weighted by Crippen LogP contribution is 2.20. The summed E-state index contributed by atoms with van der Waals surface area (Å²) in [5, 5.41) is 11.1. The van der Waals surface area contributed by atoms with E-state index in [1.807, 2.05) is 24.3 Å². The van der Waals surface area contributed by atoms with Crippen LogP contribution in [0.15, 0.2) is 71.6 Å². The third-order valence-electron chi connectivity index (χ3n) is 4.28. The first kappa shape index (κ1) is 19.9. The number of hydrogen-bond acceptors (Lipinski definition) is 5. The van der Waals surface area contributed by atoms with Crippen LogP contribution in [0.2, 0.25) is 0 Å². The van der Waals surface area contributed by atoms with Crippen LogP contribution in [0.3, 0.4) is 0 Å². The highest BCUT2D eigenvalue weighted by Gasteiger charge is 2.27. The Morgan fingerprint density at radius 3 is 2.39 bits per heavy atom. The lowest BCUT2D eigenvalue weighted by Gasteiger charge is -2.18. The Labute approximate surface area is 163 Å². The van der Waals surface area contributed by atoms with Crippen LogP contribution in [0.4, 0.5) is 0 Å². The summed E-state index contributed by atoms with van der Waals surface area (Å²) in [4.78, 5) is 12.4. The van der Waals surface area contributed by atoms with Gasteiger partial charge in [0.05, 0.1) is 11.5 Å². The van der Waals surface area contributed by atoms with Gasteiger partial charge in [-0.15, -0.1) is 0 Å². The van der Waals surface area contributed by atoms with Crippen LogP contribution in [0.25, 0.3) is 10.8 Å².